The summed E-state index contributed by atoms with van der Waals surface area (Å²) in [5.41, 5.74) is 1.27. The summed E-state index contributed by atoms with van der Waals surface area (Å²) in [6, 6.07) is 15.0. The molecule has 0 aliphatic heterocycles. The van der Waals surface area contributed by atoms with Gasteiger partial charge < -0.3 is 5.32 Å². The molecule has 0 atom stereocenters. The van der Waals surface area contributed by atoms with E-state index in [2.05, 4.69) is 10.0 Å². The number of aryl methyl sites for hydroxylation is 1. The fraction of sp³-hybridized carbons (Fsp3) is 0.0952. The van der Waals surface area contributed by atoms with E-state index in [9.17, 15) is 27.7 Å². The maximum absolute atomic E-state index is 12.9. The van der Waals surface area contributed by atoms with Crippen molar-refractivity contribution < 1.29 is 22.5 Å². The molecular weight excluding hydrogens is 425 g/mol. The van der Waals surface area contributed by atoms with Crippen LogP contribution in [0.5, 0.6) is 0 Å². The number of halogens is 1. The van der Waals surface area contributed by atoms with Gasteiger partial charge in [-0.3, -0.25) is 19.6 Å². The highest BCUT2D eigenvalue weighted by molar-refractivity contribution is 7.92. The lowest BCUT2D eigenvalue weighted by molar-refractivity contribution is -0.385. The Bertz CT molecular complexity index is 1230. The van der Waals surface area contributed by atoms with Crippen molar-refractivity contribution in [1.82, 2.24) is 5.32 Å². The lowest BCUT2D eigenvalue weighted by Gasteiger charge is -2.10. The van der Waals surface area contributed by atoms with Crippen LogP contribution >= 0.6 is 0 Å². The van der Waals surface area contributed by atoms with Gasteiger partial charge in [0, 0.05) is 29.4 Å². The standard InChI is InChI=1S/C21H18FN3O5S/c1-14-2-11-19(12-20(14)25(27)28)31(29,30)24-18-9-5-16(6-10-18)21(26)23-13-15-3-7-17(22)8-4-15/h2-12,24H,13H2,1H3,(H,23,26). The fourth-order valence-electron chi connectivity index (χ4n) is 2.74. The van der Waals surface area contributed by atoms with Gasteiger partial charge in [0.1, 0.15) is 5.82 Å². The number of rotatable bonds is 7. The third-order valence-electron chi connectivity index (χ3n) is 4.45. The van der Waals surface area contributed by atoms with Gasteiger partial charge in [0.15, 0.2) is 0 Å². The number of benzene rings is 3. The van der Waals surface area contributed by atoms with Crippen LogP contribution in [0.3, 0.4) is 0 Å². The minimum absolute atomic E-state index is 0.193. The number of nitro groups is 1. The molecule has 0 saturated heterocycles. The molecule has 3 aromatic carbocycles. The Morgan fingerprint density at radius 2 is 1.68 bits per heavy atom. The smallest absolute Gasteiger partial charge is 0.273 e. The summed E-state index contributed by atoms with van der Waals surface area (Å²) in [4.78, 5) is 22.4. The Hall–Kier alpha value is -3.79. The van der Waals surface area contributed by atoms with Crippen molar-refractivity contribution in [2.75, 3.05) is 4.72 Å². The van der Waals surface area contributed by atoms with Crippen molar-refractivity contribution in [3.63, 3.8) is 0 Å². The zero-order chi connectivity index (χ0) is 22.6. The van der Waals surface area contributed by atoms with Crippen LogP contribution in [0.15, 0.2) is 71.6 Å². The molecular formula is C21H18FN3O5S. The first-order valence-corrected chi connectivity index (χ1v) is 10.5. The Balaban J connectivity index is 1.68. The van der Waals surface area contributed by atoms with Gasteiger partial charge in [-0.05, 0) is 55.0 Å². The molecule has 0 bridgehead atoms. The summed E-state index contributed by atoms with van der Waals surface area (Å²) < 4.78 is 40.4. The first-order chi connectivity index (χ1) is 14.7. The molecule has 1 amide bonds. The highest BCUT2D eigenvalue weighted by atomic mass is 32.2. The normalized spacial score (nSPS) is 11.0. The first-order valence-electron chi connectivity index (χ1n) is 9.06. The molecule has 0 spiro atoms. The van der Waals surface area contributed by atoms with Crippen LogP contribution < -0.4 is 10.0 Å². The highest BCUT2D eigenvalue weighted by Crippen LogP contribution is 2.24. The van der Waals surface area contributed by atoms with Crippen molar-refractivity contribution >= 4 is 27.3 Å². The van der Waals surface area contributed by atoms with Crippen molar-refractivity contribution in [1.29, 1.82) is 0 Å². The maximum atomic E-state index is 12.9. The second-order valence-corrected chi connectivity index (χ2v) is 8.38. The van der Waals surface area contributed by atoms with Gasteiger partial charge in [0.05, 0.1) is 9.82 Å². The molecule has 0 fully saturated rings. The van der Waals surface area contributed by atoms with E-state index < -0.39 is 14.9 Å². The van der Waals surface area contributed by atoms with E-state index in [1.807, 2.05) is 0 Å². The third kappa shape index (κ3) is 5.43. The monoisotopic (exact) mass is 443 g/mol. The molecule has 160 valence electrons. The van der Waals surface area contributed by atoms with Crippen LogP contribution in [0.25, 0.3) is 0 Å². The predicted molar refractivity (Wildman–Crippen MR) is 113 cm³/mol. The van der Waals surface area contributed by atoms with Gasteiger partial charge in [0.2, 0.25) is 0 Å². The van der Waals surface area contributed by atoms with Gasteiger partial charge in [-0.2, -0.15) is 0 Å². The zero-order valence-corrected chi connectivity index (χ0v) is 17.1. The summed E-state index contributed by atoms with van der Waals surface area (Å²) in [6.45, 7) is 1.72. The number of anilines is 1. The van der Waals surface area contributed by atoms with Gasteiger partial charge in [-0.15, -0.1) is 0 Å². The minimum atomic E-state index is -4.05. The minimum Gasteiger partial charge on any atom is -0.348 e. The number of nitrogens with zero attached hydrogens (tertiary/aromatic N) is 1. The molecule has 0 aliphatic rings. The number of amides is 1. The molecule has 2 N–H and O–H groups in total. The van der Waals surface area contributed by atoms with Crippen LogP contribution in [0.2, 0.25) is 0 Å². The molecule has 0 heterocycles. The fourth-order valence-corrected chi connectivity index (χ4v) is 3.82. The van der Waals surface area contributed by atoms with Gasteiger partial charge in [0.25, 0.3) is 21.6 Å². The van der Waals surface area contributed by atoms with Crippen LogP contribution in [-0.2, 0) is 16.6 Å². The van der Waals surface area contributed by atoms with E-state index in [0.717, 1.165) is 11.6 Å². The van der Waals surface area contributed by atoms with E-state index in [1.54, 1.807) is 12.1 Å². The van der Waals surface area contributed by atoms with Crippen molar-refractivity contribution in [3.8, 4) is 0 Å². The number of hydrogen-bond acceptors (Lipinski definition) is 5. The van der Waals surface area contributed by atoms with Crippen LogP contribution in [0.4, 0.5) is 15.8 Å². The van der Waals surface area contributed by atoms with Crippen LogP contribution in [-0.4, -0.2) is 19.2 Å². The summed E-state index contributed by atoms with van der Waals surface area (Å²) in [7, 11) is -4.05. The van der Waals surface area contributed by atoms with Crippen LogP contribution in [0, 0.1) is 22.9 Å². The Morgan fingerprint density at radius 3 is 2.29 bits per heavy atom. The largest absolute Gasteiger partial charge is 0.348 e. The molecule has 0 saturated carbocycles. The lowest BCUT2D eigenvalue weighted by Crippen LogP contribution is -2.22. The van der Waals surface area contributed by atoms with E-state index in [1.165, 1.54) is 55.5 Å². The first kappa shape index (κ1) is 21.9. The number of hydrogen-bond donors (Lipinski definition) is 2. The van der Waals surface area contributed by atoms with Crippen LogP contribution in [0.1, 0.15) is 21.5 Å². The Kier molecular flexibility index (Phi) is 6.30. The van der Waals surface area contributed by atoms with E-state index >= 15 is 0 Å². The topological polar surface area (TPSA) is 118 Å². The number of carbonyl (C=O) groups is 1. The SMILES string of the molecule is Cc1ccc(S(=O)(=O)Nc2ccc(C(=O)NCc3ccc(F)cc3)cc2)cc1[N+](=O)[O-]. The molecule has 31 heavy (non-hydrogen) atoms. The number of carbonyl (C=O) groups excluding carboxylic acids is 1. The Labute approximate surface area is 177 Å². The summed E-state index contributed by atoms with van der Waals surface area (Å²) in [6.07, 6.45) is 0. The molecule has 3 aromatic rings. The molecule has 0 unspecified atom stereocenters. The summed E-state index contributed by atoms with van der Waals surface area (Å²) in [5.74, 6) is -0.749. The molecule has 8 nitrogen and oxygen atoms in total. The number of nitro benzene ring substituents is 1. The lowest BCUT2D eigenvalue weighted by atomic mass is 10.2. The van der Waals surface area contributed by atoms with Gasteiger partial charge in [-0.1, -0.05) is 18.2 Å². The zero-order valence-electron chi connectivity index (χ0n) is 16.3. The molecule has 0 aliphatic carbocycles. The number of nitrogens with one attached hydrogen (secondary N) is 2. The molecule has 3 rings (SSSR count). The van der Waals surface area contributed by atoms with Crippen molar-refractivity contribution in [2.24, 2.45) is 0 Å². The summed E-state index contributed by atoms with van der Waals surface area (Å²) >= 11 is 0. The Morgan fingerprint density at radius 1 is 1.03 bits per heavy atom. The van der Waals surface area contributed by atoms with Gasteiger partial charge in [-0.25, -0.2) is 12.8 Å². The second-order valence-electron chi connectivity index (χ2n) is 6.70. The number of sulfonamides is 1. The predicted octanol–water partition coefficient (Wildman–Crippen LogP) is 3.77. The third-order valence-corrected chi connectivity index (χ3v) is 5.83. The second kappa shape index (κ2) is 8.92. The van der Waals surface area contributed by atoms with E-state index in [0.29, 0.717) is 11.1 Å². The van der Waals surface area contributed by atoms with E-state index in [-0.39, 0.29) is 34.5 Å². The van der Waals surface area contributed by atoms with Crippen molar-refractivity contribution in [2.45, 2.75) is 18.4 Å². The highest BCUT2D eigenvalue weighted by Gasteiger charge is 2.20. The molecule has 0 aromatic heterocycles. The average molecular weight is 443 g/mol. The summed E-state index contributed by atoms with van der Waals surface area (Å²) in [5, 5.41) is 13.7. The van der Waals surface area contributed by atoms with Gasteiger partial charge >= 0.3 is 0 Å². The molecule has 10 heteroatoms. The van der Waals surface area contributed by atoms with E-state index in [4.69, 9.17) is 0 Å². The van der Waals surface area contributed by atoms with Crippen molar-refractivity contribution in [3.05, 3.63) is 99.4 Å². The maximum Gasteiger partial charge on any atom is 0.273 e. The molecule has 0 radical (unpaired) electrons. The quantitative estimate of drug-likeness (QED) is 0.426. The average Bonchev–Trinajstić information content (AvgIpc) is 2.73.